The number of carbonyl (C=O) groups excluding carboxylic acids is 1. The monoisotopic (exact) mass is 416 g/mol. The van der Waals surface area contributed by atoms with Crippen molar-refractivity contribution in [3.05, 3.63) is 66.6 Å². The average molecular weight is 417 g/mol. The lowest BCUT2D eigenvalue weighted by Crippen LogP contribution is -2.31. The van der Waals surface area contributed by atoms with Gasteiger partial charge in [-0.25, -0.2) is 14.8 Å². The lowest BCUT2D eigenvalue weighted by molar-refractivity contribution is 0.262. The summed E-state index contributed by atoms with van der Waals surface area (Å²) in [4.78, 5) is 25.6. The molecule has 0 saturated carbocycles. The maximum Gasteiger partial charge on any atom is 0.323 e. The van der Waals surface area contributed by atoms with Crippen LogP contribution in [0.5, 0.6) is 0 Å². The summed E-state index contributed by atoms with van der Waals surface area (Å²) in [6, 6.07) is 17.8. The minimum absolute atomic E-state index is 0.271. The molecule has 2 aromatic carbocycles. The molecule has 1 fully saturated rings. The highest BCUT2D eigenvalue weighted by molar-refractivity contribution is 5.99. The number of likely N-dealkylation sites (N-methyl/N-ethyl adjacent to an activating group) is 1. The fourth-order valence-corrected chi connectivity index (χ4v) is 3.79. The first-order chi connectivity index (χ1) is 15.0. The van der Waals surface area contributed by atoms with Gasteiger partial charge in [0.25, 0.3) is 0 Å². The predicted molar refractivity (Wildman–Crippen MR) is 126 cm³/mol. The van der Waals surface area contributed by atoms with Gasteiger partial charge in [-0.2, -0.15) is 0 Å². The quantitative estimate of drug-likeness (QED) is 0.651. The number of aryl methyl sites for hydroxylation is 1. The third-order valence-electron chi connectivity index (χ3n) is 5.60. The molecule has 2 heterocycles. The molecular weight excluding hydrogens is 388 g/mol. The first-order valence-corrected chi connectivity index (χ1v) is 10.5. The molecule has 31 heavy (non-hydrogen) atoms. The Morgan fingerprint density at radius 3 is 2.23 bits per heavy atom. The van der Waals surface area contributed by atoms with Crippen molar-refractivity contribution in [3.63, 3.8) is 0 Å². The lowest BCUT2D eigenvalue weighted by atomic mass is 10.1. The first-order valence-electron chi connectivity index (χ1n) is 10.5. The van der Waals surface area contributed by atoms with Crippen LogP contribution in [0.3, 0.4) is 0 Å². The van der Waals surface area contributed by atoms with Gasteiger partial charge in [0.05, 0.1) is 5.69 Å². The highest BCUT2D eigenvalue weighted by Crippen LogP contribution is 2.24. The van der Waals surface area contributed by atoms with E-state index in [-0.39, 0.29) is 6.03 Å². The second kappa shape index (κ2) is 9.14. The van der Waals surface area contributed by atoms with Crippen LogP contribution in [0.2, 0.25) is 0 Å². The number of amides is 2. The molecule has 160 valence electrons. The number of nitrogens with one attached hydrogen (secondary N) is 2. The number of hydrogen-bond donors (Lipinski definition) is 2. The maximum absolute atomic E-state index is 12.4. The third kappa shape index (κ3) is 5.19. The number of hydrogen-bond acceptors (Lipinski definition) is 5. The van der Waals surface area contributed by atoms with Crippen molar-refractivity contribution < 1.29 is 4.79 Å². The van der Waals surface area contributed by atoms with Gasteiger partial charge < -0.3 is 20.4 Å². The standard InChI is InChI=1S/C24H28N6O/c1-17-25-14-12-23(26-17)18-4-6-19(7-5-18)27-24(31)28-20-8-10-21(11-9-20)30-15-13-22(16-30)29(2)3/h4-12,14,22H,13,15-16H2,1-3H3,(H2,27,28,31). The summed E-state index contributed by atoms with van der Waals surface area (Å²) in [7, 11) is 4.26. The second-order valence-corrected chi connectivity index (χ2v) is 8.04. The molecule has 0 bridgehead atoms. The van der Waals surface area contributed by atoms with Crippen molar-refractivity contribution in [2.45, 2.75) is 19.4 Å². The van der Waals surface area contributed by atoms with Gasteiger partial charge in [0, 0.05) is 48.0 Å². The normalized spacial score (nSPS) is 15.9. The van der Waals surface area contributed by atoms with Crippen molar-refractivity contribution in [3.8, 4) is 11.3 Å². The van der Waals surface area contributed by atoms with E-state index in [2.05, 4.69) is 56.6 Å². The largest absolute Gasteiger partial charge is 0.370 e. The molecule has 0 radical (unpaired) electrons. The number of urea groups is 1. The molecule has 1 unspecified atom stereocenters. The van der Waals surface area contributed by atoms with E-state index in [0.29, 0.717) is 6.04 Å². The van der Waals surface area contributed by atoms with E-state index in [4.69, 9.17) is 0 Å². The summed E-state index contributed by atoms with van der Waals surface area (Å²) < 4.78 is 0. The Bertz CT molecular complexity index is 1030. The van der Waals surface area contributed by atoms with Gasteiger partial charge in [-0.1, -0.05) is 12.1 Å². The van der Waals surface area contributed by atoms with Gasteiger partial charge in [-0.05, 0) is 69.9 Å². The summed E-state index contributed by atoms with van der Waals surface area (Å²) in [6.07, 6.45) is 2.91. The molecular formula is C24H28N6O. The van der Waals surface area contributed by atoms with Gasteiger partial charge in [-0.3, -0.25) is 0 Å². The number of anilines is 3. The molecule has 1 saturated heterocycles. The van der Waals surface area contributed by atoms with Crippen LogP contribution in [-0.2, 0) is 0 Å². The molecule has 0 spiro atoms. The number of nitrogens with zero attached hydrogens (tertiary/aromatic N) is 4. The molecule has 1 aromatic heterocycles. The Labute approximate surface area is 183 Å². The van der Waals surface area contributed by atoms with Crippen LogP contribution in [0.15, 0.2) is 60.8 Å². The molecule has 1 aliphatic rings. The van der Waals surface area contributed by atoms with E-state index < -0.39 is 0 Å². The van der Waals surface area contributed by atoms with Crippen LogP contribution in [-0.4, -0.2) is 54.1 Å². The highest BCUT2D eigenvalue weighted by atomic mass is 16.2. The van der Waals surface area contributed by atoms with Crippen LogP contribution in [0.1, 0.15) is 12.2 Å². The molecule has 2 amide bonds. The average Bonchev–Trinajstić information content (AvgIpc) is 3.25. The molecule has 3 aromatic rings. The predicted octanol–water partition coefficient (Wildman–Crippen LogP) is 4.24. The van der Waals surface area contributed by atoms with Crippen LogP contribution in [0.25, 0.3) is 11.3 Å². The van der Waals surface area contributed by atoms with E-state index in [9.17, 15) is 4.79 Å². The van der Waals surface area contributed by atoms with Crippen molar-refractivity contribution >= 4 is 23.1 Å². The van der Waals surface area contributed by atoms with E-state index >= 15 is 0 Å². The molecule has 1 aliphatic heterocycles. The zero-order valence-corrected chi connectivity index (χ0v) is 18.2. The van der Waals surface area contributed by atoms with E-state index in [1.54, 1.807) is 6.20 Å². The summed E-state index contributed by atoms with van der Waals surface area (Å²) in [5.74, 6) is 0.729. The second-order valence-electron chi connectivity index (χ2n) is 8.04. The zero-order chi connectivity index (χ0) is 21.8. The maximum atomic E-state index is 12.4. The summed E-state index contributed by atoms with van der Waals surface area (Å²) in [6.45, 7) is 3.95. The van der Waals surface area contributed by atoms with Crippen LogP contribution < -0.4 is 15.5 Å². The SMILES string of the molecule is Cc1nccc(-c2ccc(NC(=O)Nc3ccc(N4CCC(N(C)C)C4)cc3)cc2)n1. The molecule has 0 aliphatic carbocycles. The fourth-order valence-electron chi connectivity index (χ4n) is 3.79. The molecule has 2 N–H and O–H groups in total. The van der Waals surface area contributed by atoms with Gasteiger partial charge in [0.1, 0.15) is 5.82 Å². The Morgan fingerprint density at radius 2 is 1.65 bits per heavy atom. The smallest absolute Gasteiger partial charge is 0.323 e. The summed E-state index contributed by atoms with van der Waals surface area (Å²) in [5.41, 5.74) is 4.50. The Morgan fingerprint density at radius 1 is 1.00 bits per heavy atom. The van der Waals surface area contributed by atoms with E-state index in [0.717, 1.165) is 41.5 Å². The fraction of sp³-hybridized carbons (Fsp3) is 0.292. The number of carbonyl (C=O) groups is 1. The van der Waals surface area contributed by atoms with Crippen LogP contribution in [0.4, 0.5) is 21.9 Å². The highest BCUT2D eigenvalue weighted by Gasteiger charge is 2.23. The van der Waals surface area contributed by atoms with Gasteiger partial charge >= 0.3 is 6.03 Å². The molecule has 4 rings (SSSR count). The van der Waals surface area contributed by atoms with Crippen molar-refractivity contribution in [2.24, 2.45) is 0 Å². The van der Waals surface area contributed by atoms with E-state index in [1.807, 2.05) is 49.4 Å². The van der Waals surface area contributed by atoms with Crippen molar-refractivity contribution in [1.29, 1.82) is 0 Å². The molecule has 7 heteroatoms. The Hall–Kier alpha value is -3.45. The Balaban J connectivity index is 1.32. The summed E-state index contributed by atoms with van der Waals surface area (Å²) in [5, 5.41) is 5.76. The minimum atomic E-state index is -0.271. The third-order valence-corrected chi connectivity index (χ3v) is 5.60. The van der Waals surface area contributed by atoms with Gasteiger partial charge in [0.2, 0.25) is 0 Å². The first kappa shape index (κ1) is 20.8. The number of aromatic nitrogens is 2. The van der Waals surface area contributed by atoms with Gasteiger partial charge in [-0.15, -0.1) is 0 Å². The minimum Gasteiger partial charge on any atom is -0.370 e. The van der Waals surface area contributed by atoms with Crippen molar-refractivity contribution in [1.82, 2.24) is 14.9 Å². The number of benzene rings is 2. The topological polar surface area (TPSA) is 73.4 Å². The zero-order valence-electron chi connectivity index (χ0n) is 18.2. The van der Waals surface area contributed by atoms with E-state index in [1.165, 1.54) is 12.1 Å². The number of rotatable bonds is 5. The Kier molecular flexibility index (Phi) is 6.13. The van der Waals surface area contributed by atoms with Crippen molar-refractivity contribution in [2.75, 3.05) is 42.7 Å². The van der Waals surface area contributed by atoms with Crippen LogP contribution in [0, 0.1) is 6.92 Å². The summed E-state index contributed by atoms with van der Waals surface area (Å²) >= 11 is 0. The lowest BCUT2D eigenvalue weighted by Gasteiger charge is -2.22. The molecule has 7 nitrogen and oxygen atoms in total. The van der Waals surface area contributed by atoms with Crippen LogP contribution >= 0.6 is 0 Å². The molecule has 1 atom stereocenters. The van der Waals surface area contributed by atoms with Gasteiger partial charge in [0.15, 0.2) is 0 Å².